The summed E-state index contributed by atoms with van der Waals surface area (Å²) in [5, 5.41) is 5.19. The van der Waals surface area contributed by atoms with Crippen LogP contribution in [-0.4, -0.2) is 35.6 Å². The number of nitrogens with zero attached hydrogens (tertiary/aromatic N) is 2. The molecule has 0 unspecified atom stereocenters. The Bertz CT molecular complexity index is 805. The number of hydrogen-bond acceptors (Lipinski definition) is 4. The van der Waals surface area contributed by atoms with Crippen molar-refractivity contribution in [3.05, 3.63) is 29.7 Å². The highest BCUT2D eigenvalue weighted by Crippen LogP contribution is 2.35. The number of halogens is 1. The van der Waals surface area contributed by atoms with E-state index in [-0.39, 0.29) is 11.7 Å². The molecule has 6 heteroatoms. The molecular formula is C22H30FN3O2. The molecule has 1 aromatic heterocycles. The maximum absolute atomic E-state index is 13.3. The number of aromatic nitrogens is 1. The van der Waals surface area contributed by atoms with Gasteiger partial charge in [0.15, 0.2) is 5.58 Å². The number of likely N-dealkylation sites (tertiary alicyclic amines) is 1. The third kappa shape index (κ3) is 4.54. The summed E-state index contributed by atoms with van der Waals surface area (Å²) in [4.78, 5) is 13.6. The molecule has 0 bridgehead atoms. The van der Waals surface area contributed by atoms with Gasteiger partial charge >= 0.3 is 0 Å². The topological polar surface area (TPSA) is 72.4 Å². The number of rotatable bonds is 6. The number of carbonyl (C=O) groups is 1. The number of piperidine rings is 1. The van der Waals surface area contributed by atoms with Gasteiger partial charge in [0, 0.05) is 23.8 Å². The van der Waals surface area contributed by atoms with Gasteiger partial charge in [-0.15, -0.1) is 0 Å². The van der Waals surface area contributed by atoms with Crippen LogP contribution in [0, 0.1) is 17.7 Å². The Balaban J connectivity index is 1.22. The molecule has 2 aromatic rings. The number of amides is 1. The van der Waals surface area contributed by atoms with Crippen molar-refractivity contribution in [3.63, 3.8) is 0 Å². The Morgan fingerprint density at radius 3 is 2.57 bits per heavy atom. The van der Waals surface area contributed by atoms with Crippen molar-refractivity contribution >= 4 is 16.9 Å². The maximum Gasteiger partial charge on any atom is 0.217 e. The number of carbonyl (C=O) groups excluding carboxylic acids is 1. The van der Waals surface area contributed by atoms with Crippen molar-refractivity contribution in [2.24, 2.45) is 17.6 Å². The van der Waals surface area contributed by atoms with Crippen LogP contribution in [0.4, 0.5) is 4.39 Å². The average molecular weight is 387 g/mol. The van der Waals surface area contributed by atoms with Crippen molar-refractivity contribution in [3.8, 4) is 0 Å². The minimum atomic E-state index is -0.284. The van der Waals surface area contributed by atoms with Gasteiger partial charge in [-0.3, -0.25) is 4.79 Å². The van der Waals surface area contributed by atoms with Gasteiger partial charge in [0.1, 0.15) is 5.82 Å². The molecule has 1 saturated carbocycles. The van der Waals surface area contributed by atoms with E-state index < -0.39 is 0 Å². The summed E-state index contributed by atoms with van der Waals surface area (Å²) in [6, 6.07) is 4.69. The molecule has 1 aliphatic heterocycles. The van der Waals surface area contributed by atoms with Crippen LogP contribution in [0.15, 0.2) is 22.7 Å². The predicted molar refractivity (Wildman–Crippen MR) is 106 cm³/mol. The minimum Gasteiger partial charge on any atom is -0.370 e. The van der Waals surface area contributed by atoms with Crippen molar-refractivity contribution < 1.29 is 13.7 Å². The van der Waals surface area contributed by atoms with Crippen LogP contribution < -0.4 is 5.73 Å². The van der Waals surface area contributed by atoms with Crippen LogP contribution in [0.3, 0.4) is 0 Å². The van der Waals surface area contributed by atoms with E-state index in [0.29, 0.717) is 23.8 Å². The van der Waals surface area contributed by atoms with Gasteiger partial charge in [0.05, 0.1) is 5.69 Å². The molecule has 1 aliphatic carbocycles. The lowest BCUT2D eigenvalue weighted by molar-refractivity contribution is -0.119. The first-order valence-electron chi connectivity index (χ1n) is 10.6. The van der Waals surface area contributed by atoms with Crippen LogP contribution in [0.25, 0.3) is 11.0 Å². The first kappa shape index (κ1) is 19.4. The Morgan fingerprint density at radius 2 is 1.86 bits per heavy atom. The van der Waals surface area contributed by atoms with Gasteiger partial charge in [-0.25, -0.2) is 4.39 Å². The van der Waals surface area contributed by atoms with E-state index in [4.69, 9.17) is 10.3 Å². The monoisotopic (exact) mass is 387 g/mol. The molecule has 1 aromatic carbocycles. The van der Waals surface area contributed by atoms with E-state index in [9.17, 15) is 9.18 Å². The van der Waals surface area contributed by atoms with Crippen molar-refractivity contribution in [2.45, 2.75) is 57.3 Å². The highest BCUT2D eigenvalue weighted by molar-refractivity contribution is 5.79. The maximum atomic E-state index is 13.3. The molecule has 4 rings (SSSR count). The Labute approximate surface area is 165 Å². The van der Waals surface area contributed by atoms with Gasteiger partial charge in [0.25, 0.3) is 0 Å². The molecule has 2 aliphatic rings. The lowest BCUT2D eigenvalue weighted by atomic mass is 9.79. The zero-order valence-corrected chi connectivity index (χ0v) is 16.4. The standard InChI is InChI=1S/C22H30FN3O2/c23-18-5-6-19-20(14-18)28-25-22(19)17-8-11-26(12-9-17)10-7-15-1-3-16(4-2-15)13-21(24)27/h5-6,14-17H,1-4,7-13H2,(H2,24,27). The van der Waals surface area contributed by atoms with E-state index in [1.54, 1.807) is 6.07 Å². The lowest BCUT2D eigenvalue weighted by Gasteiger charge is -2.33. The first-order valence-corrected chi connectivity index (χ1v) is 10.6. The molecule has 2 heterocycles. The second kappa shape index (κ2) is 8.60. The molecule has 2 fully saturated rings. The van der Waals surface area contributed by atoms with Crippen LogP contribution in [0.1, 0.15) is 63.0 Å². The molecule has 2 N–H and O–H groups in total. The normalized spacial score (nSPS) is 24.6. The second-order valence-electron chi connectivity index (χ2n) is 8.67. The molecule has 28 heavy (non-hydrogen) atoms. The van der Waals surface area contributed by atoms with Crippen molar-refractivity contribution in [1.82, 2.24) is 10.1 Å². The lowest BCUT2D eigenvalue weighted by Crippen LogP contribution is -2.35. The molecule has 1 saturated heterocycles. The third-order valence-electron chi connectivity index (χ3n) is 6.75. The van der Waals surface area contributed by atoms with Crippen molar-refractivity contribution in [1.29, 1.82) is 0 Å². The summed E-state index contributed by atoms with van der Waals surface area (Å²) >= 11 is 0. The fraction of sp³-hybridized carbons (Fsp3) is 0.636. The Morgan fingerprint density at radius 1 is 1.14 bits per heavy atom. The molecule has 0 radical (unpaired) electrons. The van der Waals surface area contributed by atoms with Crippen LogP contribution in [-0.2, 0) is 4.79 Å². The second-order valence-corrected chi connectivity index (χ2v) is 8.67. The van der Waals surface area contributed by atoms with Gasteiger partial charge in [-0.05, 0) is 75.7 Å². The summed E-state index contributed by atoms with van der Waals surface area (Å²) in [5.74, 6) is 1.25. The van der Waals surface area contributed by atoms with E-state index in [2.05, 4.69) is 10.1 Å². The number of fused-ring (bicyclic) bond motifs is 1. The number of hydrogen-bond donors (Lipinski definition) is 1. The highest BCUT2D eigenvalue weighted by atomic mass is 19.1. The molecule has 0 atom stereocenters. The van der Waals surface area contributed by atoms with Crippen LogP contribution >= 0.6 is 0 Å². The van der Waals surface area contributed by atoms with Gasteiger partial charge in [0.2, 0.25) is 5.91 Å². The fourth-order valence-electron chi connectivity index (χ4n) is 5.03. The number of nitrogens with two attached hydrogens (primary N) is 1. The van der Waals surface area contributed by atoms with Crippen LogP contribution in [0.2, 0.25) is 0 Å². The average Bonchev–Trinajstić information content (AvgIpc) is 3.10. The Kier molecular flexibility index (Phi) is 5.95. The molecular weight excluding hydrogens is 357 g/mol. The molecule has 152 valence electrons. The zero-order chi connectivity index (χ0) is 19.5. The SMILES string of the molecule is NC(=O)CC1CCC(CCN2CCC(c3noc4cc(F)ccc34)CC2)CC1. The fourth-order valence-corrected chi connectivity index (χ4v) is 5.03. The van der Waals surface area contributed by atoms with E-state index in [0.717, 1.165) is 62.3 Å². The predicted octanol–water partition coefficient (Wildman–Crippen LogP) is 4.22. The summed E-state index contributed by atoms with van der Waals surface area (Å²) in [5.41, 5.74) is 6.86. The van der Waals surface area contributed by atoms with Gasteiger partial charge < -0.3 is 15.2 Å². The summed E-state index contributed by atoms with van der Waals surface area (Å²) in [6.45, 7) is 3.32. The van der Waals surface area contributed by atoms with Crippen molar-refractivity contribution in [2.75, 3.05) is 19.6 Å². The summed E-state index contributed by atoms with van der Waals surface area (Å²) < 4.78 is 18.7. The number of benzene rings is 1. The van der Waals surface area contributed by atoms with E-state index >= 15 is 0 Å². The quantitative estimate of drug-likeness (QED) is 0.805. The van der Waals surface area contributed by atoms with E-state index in [1.807, 2.05) is 0 Å². The van der Waals surface area contributed by atoms with Gasteiger partial charge in [-0.2, -0.15) is 0 Å². The minimum absolute atomic E-state index is 0.156. The highest BCUT2D eigenvalue weighted by Gasteiger charge is 2.27. The summed E-state index contributed by atoms with van der Waals surface area (Å²) in [7, 11) is 0. The molecule has 5 nitrogen and oxygen atoms in total. The number of primary amides is 1. The first-order chi connectivity index (χ1) is 13.6. The zero-order valence-electron chi connectivity index (χ0n) is 16.4. The van der Waals surface area contributed by atoms with Crippen LogP contribution in [0.5, 0.6) is 0 Å². The molecule has 0 spiro atoms. The third-order valence-corrected chi connectivity index (χ3v) is 6.75. The summed E-state index contributed by atoms with van der Waals surface area (Å²) in [6.07, 6.45) is 8.72. The smallest absolute Gasteiger partial charge is 0.217 e. The largest absolute Gasteiger partial charge is 0.370 e. The molecule has 1 amide bonds. The van der Waals surface area contributed by atoms with Gasteiger partial charge in [-0.1, -0.05) is 18.0 Å². The Hall–Kier alpha value is -1.95. The van der Waals surface area contributed by atoms with E-state index in [1.165, 1.54) is 31.4 Å².